The van der Waals surface area contributed by atoms with Gasteiger partial charge < -0.3 is 10.2 Å². The Kier molecular flexibility index (Phi) is 7.33. The molecule has 0 amide bonds. The third-order valence-electron chi connectivity index (χ3n) is 6.06. The summed E-state index contributed by atoms with van der Waals surface area (Å²) in [4.78, 5) is 5.34. The second-order valence-corrected chi connectivity index (χ2v) is 8.18. The van der Waals surface area contributed by atoms with Gasteiger partial charge in [0.1, 0.15) is 0 Å². The van der Waals surface area contributed by atoms with E-state index >= 15 is 0 Å². The van der Waals surface area contributed by atoms with Gasteiger partial charge >= 0.3 is 0 Å². The van der Waals surface area contributed by atoms with Crippen LogP contribution >= 0.6 is 0 Å². The van der Waals surface area contributed by atoms with Crippen molar-refractivity contribution in [2.45, 2.75) is 76.5 Å². The van der Waals surface area contributed by atoms with Crippen molar-refractivity contribution < 1.29 is 0 Å². The molecule has 1 aromatic carbocycles. The van der Waals surface area contributed by atoms with Gasteiger partial charge in [-0.3, -0.25) is 4.90 Å². The maximum absolute atomic E-state index is 3.79. The van der Waals surface area contributed by atoms with Gasteiger partial charge in [-0.25, -0.2) is 0 Å². The third kappa shape index (κ3) is 5.54. The predicted molar refractivity (Wildman–Crippen MR) is 107 cm³/mol. The van der Waals surface area contributed by atoms with E-state index in [-0.39, 0.29) is 0 Å². The summed E-state index contributed by atoms with van der Waals surface area (Å²) in [5, 5.41) is 3.79. The van der Waals surface area contributed by atoms with E-state index in [1.54, 1.807) is 0 Å². The molecule has 140 valence electrons. The van der Waals surface area contributed by atoms with Crippen LogP contribution in [0.25, 0.3) is 0 Å². The molecule has 1 N–H and O–H groups in total. The van der Waals surface area contributed by atoms with Gasteiger partial charge in [0.05, 0.1) is 0 Å². The lowest BCUT2D eigenvalue weighted by Gasteiger charge is -2.49. The molecule has 3 rings (SSSR count). The Labute approximate surface area is 154 Å². The van der Waals surface area contributed by atoms with Crippen LogP contribution in [0, 0.1) is 0 Å². The van der Waals surface area contributed by atoms with E-state index in [4.69, 9.17) is 0 Å². The van der Waals surface area contributed by atoms with E-state index in [1.165, 1.54) is 70.1 Å². The van der Waals surface area contributed by atoms with Gasteiger partial charge in [-0.15, -0.1) is 0 Å². The van der Waals surface area contributed by atoms with E-state index in [0.717, 1.165) is 24.7 Å². The molecular formula is C22H37N3. The second-order valence-electron chi connectivity index (χ2n) is 8.18. The minimum absolute atomic E-state index is 0.771. The molecule has 0 spiro atoms. The van der Waals surface area contributed by atoms with Gasteiger partial charge in [-0.2, -0.15) is 0 Å². The summed E-state index contributed by atoms with van der Waals surface area (Å²) >= 11 is 0. The van der Waals surface area contributed by atoms with Gasteiger partial charge in [0, 0.05) is 24.7 Å². The lowest BCUT2D eigenvalue weighted by molar-refractivity contribution is 0.0220. The number of rotatable bonds is 9. The van der Waals surface area contributed by atoms with Gasteiger partial charge in [-0.05, 0) is 70.8 Å². The molecule has 0 aromatic heterocycles. The third-order valence-corrected chi connectivity index (χ3v) is 6.06. The normalized spacial score (nSPS) is 26.9. The molecular weight excluding hydrogens is 306 g/mol. The molecule has 0 aliphatic carbocycles. The Hall–Kier alpha value is -0.900. The van der Waals surface area contributed by atoms with Crippen molar-refractivity contribution >= 4 is 0 Å². The highest BCUT2D eigenvalue weighted by atomic mass is 15.2. The molecule has 2 atom stereocenters. The number of benzene rings is 1. The van der Waals surface area contributed by atoms with Crippen LogP contribution < -0.4 is 5.32 Å². The molecule has 2 bridgehead atoms. The molecule has 25 heavy (non-hydrogen) atoms. The lowest BCUT2D eigenvalue weighted by Crippen LogP contribution is -2.56. The first kappa shape index (κ1) is 18.9. The number of hydrogen-bond acceptors (Lipinski definition) is 3. The summed E-state index contributed by atoms with van der Waals surface area (Å²) in [5.74, 6) is 0. The average Bonchev–Trinajstić information content (AvgIpc) is 2.61. The highest BCUT2D eigenvalue weighted by Gasteiger charge is 2.37. The Morgan fingerprint density at radius 1 is 1.12 bits per heavy atom. The molecule has 2 aliphatic heterocycles. The number of nitrogens with one attached hydrogen (secondary N) is 1. The van der Waals surface area contributed by atoms with Crippen molar-refractivity contribution in [3.63, 3.8) is 0 Å². The van der Waals surface area contributed by atoms with Gasteiger partial charge in [0.25, 0.3) is 0 Å². The molecule has 1 aromatic rings. The smallest absolute Gasteiger partial charge is 0.0230 e. The van der Waals surface area contributed by atoms with Crippen molar-refractivity contribution in [2.75, 3.05) is 26.7 Å². The molecule has 2 aliphatic rings. The lowest BCUT2D eigenvalue weighted by atomic mass is 9.81. The maximum atomic E-state index is 3.79. The number of piperidine rings is 2. The molecule has 2 fully saturated rings. The Bertz CT molecular complexity index is 475. The molecule has 3 nitrogen and oxygen atoms in total. The van der Waals surface area contributed by atoms with Gasteiger partial charge in [0.15, 0.2) is 0 Å². The van der Waals surface area contributed by atoms with Crippen LogP contribution in [-0.2, 0) is 6.54 Å². The number of nitrogens with zero attached hydrogens (tertiary/aromatic N) is 2. The van der Waals surface area contributed by atoms with Crippen molar-refractivity contribution in [3.05, 3.63) is 35.9 Å². The van der Waals surface area contributed by atoms with Gasteiger partial charge in [-0.1, -0.05) is 43.7 Å². The van der Waals surface area contributed by atoms with E-state index in [9.17, 15) is 0 Å². The minimum Gasteiger partial charge on any atom is -0.314 e. The quantitative estimate of drug-likeness (QED) is 0.734. The van der Waals surface area contributed by atoms with Gasteiger partial charge in [0.2, 0.25) is 0 Å². The zero-order chi connectivity index (χ0) is 17.5. The predicted octanol–water partition coefficient (Wildman–Crippen LogP) is 3.89. The molecule has 0 saturated carbocycles. The second kappa shape index (κ2) is 9.70. The fourth-order valence-electron chi connectivity index (χ4n) is 4.86. The first-order valence-corrected chi connectivity index (χ1v) is 10.5. The average molecular weight is 344 g/mol. The van der Waals surface area contributed by atoms with Crippen LogP contribution in [0.4, 0.5) is 0 Å². The molecule has 3 heteroatoms. The summed E-state index contributed by atoms with van der Waals surface area (Å²) < 4.78 is 0. The summed E-state index contributed by atoms with van der Waals surface area (Å²) in [7, 11) is 2.26. The molecule has 0 radical (unpaired) electrons. The fourth-order valence-corrected chi connectivity index (χ4v) is 4.86. The van der Waals surface area contributed by atoms with Crippen LogP contribution in [-0.4, -0.2) is 54.6 Å². The summed E-state index contributed by atoms with van der Waals surface area (Å²) in [6.07, 6.45) is 9.57. The van der Waals surface area contributed by atoms with Crippen molar-refractivity contribution in [3.8, 4) is 0 Å². The Morgan fingerprint density at radius 2 is 1.84 bits per heavy atom. The molecule has 2 heterocycles. The van der Waals surface area contributed by atoms with E-state index < -0.39 is 0 Å². The van der Waals surface area contributed by atoms with Crippen LogP contribution in [0.15, 0.2) is 30.3 Å². The van der Waals surface area contributed by atoms with Crippen molar-refractivity contribution in [2.24, 2.45) is 0 Å². The summed E-state index contributed by atoms with van der Waals surface area (Å²) in [6, 6.07) is 13.3. The van der Waals surface area contributed by atoms with E-state index in [0.29, 0.717) is 0 Å². The Morgan fingerprint density at radius 3 is 2.52 bits per heavy atom. The standard InChI is InChI=1S/C22H37N3/c1-3-13-23-20-16-21-11-7-12-22(17-20)25(21)15-8-14-24(2)18-19-9-5-4-6-10-19/h4-6,9-10,20-23H,3,7-8,11-18H2,1-2H3. The first-order chi connectivity index (χ1) is 12.3. The number of hydrogen-bond donors (Lipinski definition) is 1. The van der Waals surface area contributed by atoms with Crippen molar-refractivity contribution in [1.29, 1.82) is 0 Å². The zero-order valence-corrected chi connectivity index (χ0v) is 16.3. The molecule has 2 unspecified atom stereocenters. The van der Waals surface area contributed by atoms with Crippen LogP contribution in [0.5, 0.6) is 0 Å². The summed E-state index contributed by atoms with van der Waals surface area (Å²) in [5.41, 5.74) is 1.42. The Balaban J connectivity index is 1.42. The van der Waals surface area contributed by atoms with Crippen molar-refractivity contribution in [1.82, 2.24) is 15.1 Å². The minimum atomic E-state index is 0.771. The SMILES string of the molecule is CCCNC1CC2CCCC(C1)N2CCCN(C)Cc1ccccc1. The van der Waals surface area contributed by atoms with Crippen LogP contribution in [0.1, 0.15) is 57.4 Å². The van der Waals surface area contributed by atoms with Crippen LogP contribution in [0.2, 0.25) is 0 Å². The van der Waals surface area contributed by atoms with E-state index in [2.05, 4.69) is 59.4 Å². The molecule has 2 saturated heterocycles. The summed E-state index contributed by atoms with van der Waals surface area (Å²) in [6.45, 7) is 7.01. The van der Waals surface area contributed by atoms with E-state index in [1.807, 2.05) is 0 Å². The van der Waals surface area contributed by atoms with Crippen LogP contribution in [0.3, 0.4) is 0 Å². The highest BCUT2D eigenvalue weighted by Crippen LogP contribution is 2.34. The monoisotopic (exact) mass is 343 g/mol. The first-order valence-electron chi connectivity index (χ1n) is 10.5. The zero-order valence-electron chi connectivity index (χ0n) is 16.3. The fraction of sp³-hybridized carbons (Fsp3) is 0.727. The number of fused-ring (bicyclic) bond motifs is 2. The highest BCUT2D eigenvalue weighted by molar-refractivity contribution is 5.14. The topological polar surface area (TPSA) is 18.5 Å². The largest absolute Gasteiger partial charge is 0.314 e. The maximum Gasteiger partial charge on any atom is 0.0230 e.